The summed E-state index contributed by atoms with van der Waals surface area (Å²) in [7, 11) is 0. The summed E-state index contributed by atoms with van der Waals surface area (Å²) in [5.41, 5.74) is 1.63. The number of aromatic nitrogens is 2. The molecule has 1 atom stereocenters. The first kappa shape index (κ1) is 18.2. The van der Waals surface area contributed by atoms with Crippen LogP contribution < -0.4 is 10.9 Å². The maximum absolute atomic E-state index is 12.7. The second-order valence-corrected chi connectivity index (χ2v) is 7.23. The number of benzene rings is 2. The number of carbonyl (C=O) groups is 1. The maximum Gasteiger partial charge on any atom is 0.262 e. The van der Waals surface area contributed by atoms with Crippen LogP contribution in [0.4, 0.5) is 0 Å². The number of nitrogens with zero attached hydrogens (tertiary/aromatic N) is 2. The zero-order valence-corrected chi connectivity index (χ0v) is 15.6. The summed E-state index contributed by atoms with van der Waals surface area (Å²) in [5.74, 6) is -0.0797. The van der Waals surface area contributed by atoms with Gasteiger partial charge in [0.15, 0.2) is 5.16 Å². The van der Waals surface area contributed by atoms with Gasteiger partial charge < -0.3 is 5.32 Å². The van der Waals surface area contributed by atoms with E-state index in [0.29, 0.717) is 29.1 Å². The van der Waals surface area contributed by atoms with Crippen LogP contribution >= 0.6 is 11.8 Å². The summed E-state index contributed by atoms with van der Waals surface area (Å²) in [6.07, 6.45) is 0. The van der Waals surface area contributed by atoms with Crippen molar-refractivity contribution in [1.29, 1.82) is 0 Å². The molecule has 0 radical (unpaired) electrons. The van der Waals surface area contributed by atoms with Crippen molar-refractivity contribution in [3.8, 4) is 0 Å². The van der Waals surface area contributed by atoms with Crippen molar-refractivity contribution in [1.82, 2.24) is 14.9 Å². The Hall–Kier alpha value is -2.60. The van der Waals surface area contributed by atoms with E-state index in [4.69, 9.17) is 0 Å². The van der Waals surface area contributed by atoms with Crippen molar-refractivity contribution in [2.45, 2.75) is 37.3 Å². The third-order valence-electron chi connectivity index (χ3n) is 4.10. The molecule has 0 aliphatic carbocycles. The van der Waals surface area contributed by atoms with Gasteiger partial charge >= 0.3 is 0 Å². The van der Waals surface area contributed by atoms with Gasteiger partial charge in [-0.05, 0) is 31.5 Å². The normalized spacial score (nSPS) is 12.1. The van der Waals surface area contributed by atoms with E-state index in [9.17, 15) is 9.59 Å². The summed E-state index contributed by atoms with van der Waals surface area (Å²) in [6, 6.07) is 17.1. The minimum absolute atomic E-state index is 0.0718. The van der Waals surface area contributed by atoms with Crippen LogP contribution in [-0.4, -0.2) is 20.7 Å². The predicted molar refractivity (Wildman–Crippen MR) is 105 cm³/mol. The van der Waals surface area contributed by atoms with Gasteiger partial charge in [-0.1, -0.05) is 54.2 Å². The molecule has 0 spiro atoms. The van der Waals surface area contributed by atoms with Crippen LogP contribution in [0.2, 0.25) is 0 Å². The molecule has 0 aliphatic heterocycles. The molecular weight excluding hydrogens is 346 g/mol. The first-order valence-electron chi connectivity index (χ1n) is 8.58. The zero-order valence-electron chi connectivity index (χ0n) is 14.8. The lowest BCUT2D eigenvalue weighted by molar-refractivity contribution is -0.120. The highest BCUT2D eigenvalue weighted by Crippen LogP contribution is 2.22. The number of fused-ring (bicyclic) bond motifs is 1. The number of para-hydroxylation sites is 1. The van der Waals surface area contributed by atoms with E-state index in [-0.39, 0.29) is 16.7 Å². The van der Waals surface area contributed by atoms with E-state index in [0.717, 1.165) is 5.56 Å². The van der Waals surface area contributed by atoms with Gasteiger partial charge in [0.1, 0.15) is 0 Å². The van der Waals surface area contributed by atoms with Gasteiger partial charge in [0.2, 0.25) is 5.91 Å². The second-order valence-electron chi connectivity index (χ2n) is 5.92. The topological polar surface area (TPSA) is 64.0 Å². The second kappa shape index (κ2) is 8.19. The Morgan fingerprint density at radius 1 is 1.15 bits per heavy atom. The molecule has 1 N–H and O–H groups in total. The van der Waals surface area contributed by atoms with Crippen molar-refractivity contribution in [3.63, 3.8) is 0 Å². The van der Waals surface area contributed by atoms with Gasteiger partial charge in [-0.3, -0.25) is 14.2 Å². The standard InChI is InChI=1S/C20H21N3O2S/c1-3-23-19(25)16-11-7-8-12-17(16)22-20(23)26-14(2)18(24)21-13-15-9-5-4-6-10-15/h4-12,14H,3,13H2,1-2H3,(H,21,24)/t14-/m0/s1. The number of hydrogen-bond acceptors (Lipinski definition) is 4. The highest BCUT2D eigenvalue weighted by molar-refractivity contribution is 8.00. The van der Waals surface area contributed by atoms with Crippen LogP contribution in [0.5, 0.6) is 0 Å². The van der Waals surface area contributed by atoms with Gasteiger partial charge in [0.25, 0.3) is 5.56 Å². The Morgan fingerprint density at radius 2 is 1.85 bits per heavy atom. The van der Waals surface area contributed by atoms with Gasteiger partial charge in [-0.2, -0.15) is 0 Å². The molecule has 0 aliphatic rings. The molecule has 0 unspecified atom stereocenters. The molecular formula is C20H21N3O2S. The molecule has 1 heterocycles. The fourth-order valence-corrected chi connectivity index (χ4v) is 3.65. The van der Waals surface area contributed by atoms with E-state index in [1.165, 1.54) is 11.8 Å². The average molecular weight is 367 g/mol. The molecule has 26 heavy (non-hydrogen) atoms. The largest absolute Gasteiger partial charge is 0.351 e. The Bertz CT molecular complexity index is 970. The Morgan fingerprint density at radius 3 is 2.58 bits per heavy atom. The summed E-state index contributed by atoms with van der Waals surface area (Å²) >= 11 is 1.31. The zero-order chi connectivity index (χ0) is 18.5. The highest BCUT2D eigenvalue weighted by atomic mass is 32.2. The molecule has 1 amide bonds. The van der Waals surface area contributed by atoms with Crippen molar-refractivity contribution in [2.75, 3.05) is 0 Å². The monoisotopic (exact) mass is 367 g/mol. The third-order valence-corrected chi connectivity index (χ3v) is 5.19. The van der Waals surface area contributed by atoms with Crippen molar-refractivity contribution >= 4 is 28.6 Å². The first-order valence-corrected chi connectivity index (χ1v) is 9.46. The van der Waals surface area contributed by atoms with E-state index < -0.39 is 0 Å². The van der Waals surface area contributed by atoms with Crippen LogP contribution in [0.1, 0.15) is 19.4 Å². The lowest BCUT2D eigenvalue weighted by Gasteiger charge is -2.15. The fraction of sp³-hybridized carbons (Fsp3) is 0.250. The lowest BCUT2D eigenvalue weighted by Crippen LogP contribution is -2.31. The SMILES string of the molecule is CCn1c(S[C@@H](C)C(=O)NCc2ccccc2)nc2ccccc2c1=O. The van der Waals surface area contributed by atoms with Crippen LogP contribution in [0.15, 0.2) is 64.5 Å². The maximum atomic E-state index is 12.7. The van der Waals surface area contributed by atoms with Gasteiger partial charge in [-0.25, -0.2) is 4.98 Å². The average Bonchev–Trinajstić information content (AvgIpc) is 2.67. The van der Waals surface area contributed by atoms with E-state index >= 15 is 0 Å². The summed E-state index contributed by atoms with van der Waals surface area (Å²) < 4.78 is 1.62. The van der Waals surface area contributed by atoms with E-state index in [2.05, 4.69) is 10.3 Å². The van der Waals surface area contributed by atoms with Gasteiger partial charge in [-0.15, -0.1) is 0 Å². The smallest absolute Gasteiger partial charge is 0.262 e. The Labute approximate surface area is 156 Å². The Kier molecular flexibility index (Phi) is 5.73. The molecule has 0 saturated carbocycles. The summed E-state index contributed by atoms with van der Waals surface area (Å²) in [5, 5.41) is 3.74. The van der Waals surface area contributed by atoms with Gasteiger partial charge in [0, 0.05) is 13.1 Å². The fourth-order valence-electron chi connectivity index (χ4n) is 2.66. The molecule has 0 bridgehead atoms. The number of amides is 1. The highest BCUT2D eigenvalue weighted by Gasteiger charge is 2.18. The molecule has 3 aromatic rings. The third kappa shape index (κ3) is 3.96. The summed E-state index contributed by atoms with van der Waals surface area (Å²) in [6.45, 7) is 4.72. The van der Waals surface area contributed by atoms with Crippen LogP contribution in [0.3, 0.4) is 0 Å². The molecule has 6 heteroatoms. The molecule has 1 aromatic heterocycles. The number of nitrogens with one attached hydrogen (secondary N) is 1. The first-order chi connectivity index (χ1) is 12.6. The van der Waals surface area contributed by atoms with Gasteiger partial charge in [0.05, 0.1) is 16.2 Å². The van der Waals surface area contributed by atoms with Crippen LogP contribution in [0, 0.1) is 0 Å². The molecule has 2 aromatic carbocycles. The summed E-state index contributed by atoms with van der Waals surface area (Å²) in [4.78, 5) is 29.7. The van der Waals surface area contributed by atoms with Crippen molar-refractivity contribution in [3.05, 3.63) is 70.5 Å². The molecule has 5 nitrogen and oxygen atoms in total. The van der Waals surface area contributed by atoms with Crippen LogP contribution in [-0.2, 0) is 17.9 Å². The van der Waals surface area contributed by atoms with Crippen molar-refractivity contribution in [2.24, 2.45) is 0 Å². The lowest BCUT2D eigenvalue weighted by atomic mass is 10.2. The molecule has 134 valence electrons. The molecule has 0 fully saturated rings. The number of rotatable bonds is 6. The minimum atomic E-state index is -0.357. The number of carbonyl (C=O) groups excluding carboxylic acids is 1. The predicted octanol–water partition coefficient (Wildman–Crippen LogP) is 3.21. The molecule has 3 rings (SSSR count). The van der Waals surface area contributed by atoms with E-state index in [1.54, 1.807) is 10.6 Å². The van der Waals surface area contributed by atoms with Crippen molar-refractivity contribution < 1.29 is 4.79 Å². The minimum Gasteiger partial charge on any atom is -0.351 e. The Balaban J connectivity index is 1.77. The quantitative estimate of drug-likeness (QED) is 0.537. The van der Waals surface area contributed by atoms with Crippen LogP contribution in [0.25, 0.3) is 10.9 Å². The number of thioether (sulfide) groups is 1. The molecule has 0 saturated heterocycles. The number of hydrogen-bond donors (Lipinski definition) is 1. The van der Waals surface area contributed by atoms with E-state index in [1.807, 2.05) is 62.4 Å².